The van der Waals surface area contributed by atoms with Crippen molar-refractivity contribution in [1.82, 2.24) is 14.9 Å². The highest BCUT2D eigenvalue weighted by Crippen LogP contribution is 2.30. The number of aromatic nitrogens is 2. The number of H-pyrrole nitrogens is 1. The number of thiophene rings is 1. The van der Waals surface area contributed by atoms with Crippen LogP contribution >= 0.6 is 23.1 Å². The predicted molar refractivity (Wildman–Crippen MR) is 119 cm³/mol. The number of thioether (sulfide) groups is 1. The van der Waals surface area contributed by atoms with E-state index in [2.05, 4.69) is 23.1 Å². The van der Waals surface area contributed by atoms with Gasteiger partial charge in [-0.3, -0.25) is 9.59 Å². The summed E-state index contributed by atoms with van der Waals surface area (Å²) in [5.74, 6) is 1.36. The Kier molecular flexibility index (Phi) is 6.84. The summed E-state index contributed by atoms with van der Waals surface area (Å²) < 4.78 is 0. The maximum atomic E-state index is 12.4. The molecule has 0 fully saturated rings. The van der Waals surface area contributed by atoms with Crippen molar-refractivity contribution in [2.45, 2.75) is 5.75 Å². The van der Waals surface area contributed by atoms with Crippen molar-refractivity contribution >= 4 is 39.2 Å². The molecule has 7 heteroatoms. The van der Waals surface area contributed by atoms with E-state index in [9.17, 15) is 9.59 Å². The van der Waals surface area contributed by atoms with Crippen LogP contribution in [-0.2, 0) is 10.5 Å². The van der Waals surface area contributed by atoms with E-state index in [4.69, 9.17) is 0 Å². The van der Waals surface area contributed by atoms with Crippen molar-refractivity contribution in [3.8, 4) is 10.4 Å². The molecule has 0 atom stereocenters. The van der Waals surface area contributed by atoms with E-state index in [1.54, 1.807) is 17.1 Å². The number of nitrogens with zero attached hydrogens (tertiary/aromatic N) is 2. The van der Waals surface area contributed by atoms with Crippen LogP contribution in [-0.4, -0.2) is 39.6 Å². The number of hydrogen-bond acceptors (Lipinski definition) is 5. The van der Waals surface area contributed by atoms with Crippen LogP contribution in [0.5, 0.6) is 0 Å². The molecule has 2 aromatic heterocycles. The molecule has 0 aliphatic heterocycles. The molecule has 1 amide bonds. The first kappa shape index (κ1) is 20.1. The molecule has 5 nitrogen and oxygen atoms in total. The van der Waals surface area contributed by atoms with Gasteiger partial charge in [-0.2, -0.15) is 0 Å². The maximum Gasteiger partial charge on any atom is 0.259 e. The molecule has 1 N–H and O–H groups in total. The van der Waals surface area contributed by atoms with E-state index in [0.29, 0.717) is 40.6 Å². The quantitative estimate of drug-likeness (QED) is 0.539. The monoisotopic (exact) mass is 411 g/mol. The fourth-order valence-corrected chi connectivity index (χ4v) is 4.55. The Labute approximate surface area is 171 Å². The predicted octanol–water partition coefficient (Wildman–Crippen LogP) is 4.09. The van der Waals surface area contributed by atoms with Gasteiger partial charge in [-0.15, -0.1) is 36.3 Å². The van der Waals surface area contributed by atoms with Gasteiger partial charge in [0.1, 0.15) is 10.7 Å². The topological polar surface area (TPSA) is 66.1 Å². The molecule has 0 spiro atoms. The molecular weight excluding hydrogens is 390 g/mol. The molecular formula is C21H21N3O2S2. The van der Waals surface area contributed by atoms with Gasteiger partial charge in [0.05, 0.1) is 16.9 Å². The number of nitrogens with one attached hydrogen (secondary N) is 1. The molecule has 0 aliphatic rings. The average molecular weight is 412 g/mol. The van der Waals surface area contributed by atoms with Crippen LogP contribution in [0.1, 0.15) is 5.82 Å². The molecule has 0 radical (unpaired) electrons. The normalized spacial score (nSPS) is 10.7. The van der Waals surface area contributed by atoms with Crippen LogP contribution in [0.2, 0.25) is 0 Å². The third-order valence-corrected chi connectivity index (χ3v) is 6.03. The molecule has 1 aromatic carbocycles. The number of aromatic amines is 1. The summed E-state index contributed by atoms with van der Waals surface area (Å²) in [6.07, 6.45) is 3.39. The molecule has 3 rings (SSSR count). The summed E-state index contributed by atoms with van der Waals surface area (Å²) in [4.78, 5) is 35.5. The summed E-state index contributed by atoms with van der Waals surface area (Å²) in [6.45, 7) is 8.32. The van der Waals surface area contributed by atoms with Crippen molar-refractivity contribution in [3.63, 3.8) is 0 Å². The highest BCUT2D eigenvalue weighted by Gasteiger charge is 2.13. The molecule has 2 heterocycles. The molecule has 0 saturated heterocycles. The first-order chi connectivity index (χ1) is 13.6. The van der Waals surface area contributed by atoms with Crippen molar-refractivity contribution in [1.29, 1.82) is 0 Å². The summed E-state index contributed by atoms with van der Waals surface area (Å²) >= 11 is 2.93. The summed E-state index contributed by atoms with van der Waals surface area (Å²) in [7, 11) is 0. The van der Waals surface area contributed by atoms with E-state index in [1.165, 1.54) is 23.1 Å². The van der Waals surface area contributed by atoms with Gasteiger partial charge in [0.2, 0.25) is 5.91 Å². The third kappa shape index (κ3) is 4.79. The van der Waals surface area contributed by atoms with Gasteiger partial charge in [0.25, 0.3) is 5.56 Å². The Hall–Kier alpha value is -2.64. The lowest BCUT2D eigenvalue weighted by Gasteiger charge is -2.18. The lowest BCUT2D eigenvalue weighted by Crippen LogP contribution is -2.32. The number of amides is 1. The molecule has 3 aromatic rings. The number of rotatable bonds is 9. The Bertz CT molecular complexity index is 1030. The summed E-state index contributed by atoms with van der Waals surface area (Å²) in [5, 5.41) is 0.594. The highest BCUT2D eigenvalue weighted by molar-refractivity contribution is 7.99. The Balaban J connectivity index is 1.70. The second kappa shape index (κ2) is 9.52. The van der Waals surface area contributed by atoms with Gasteiger partial charge in [-0.05, 0) is 11.6 Å². The smallest absolute Gasteiger partial charge is 0.259 e. The van der Waals surface area contributed by atoms with Gasteiger partial charge in [-0.1, -0.05) is 42.5 Å². The zero-order chi connectivity index (χ0) is 19.9. The van der Waals surface area contributed by atoms with Crippen LogP contribution in [0.4, 0.5) is 0 Å². The Morgan fingerprint density at radius 1 is 1.21 bits per heavy atom. The second-order valence-corrected chi connectivity index (χ2v) is 8.09. The minimum atomic E-state index is -0.148. The van der Waals surface area contributed by atoms with Gasteiger partial charge >= 0.3 is 0 Å². The van der Waals surface area contributed by atoms with E-state index in [0.717, 1.165) is 10.4 Å². The fraction of sp³-hybridized carbons (Fsp3) is 0.190. The molecule has 0 saturated carbocycles. The maximum absolute atomic E-state index is 12.4. The molecule has 144 valence electrons. The van der Waals surface area contributed by atoms with E-state index >= 15 is 0 Å². The largest absolute Gasteiger partial charge is 0.335 e. The van der Waals surface area contributed by atoms with Crippen molar-refractivity contribution in [3.05, 3.63) is 77.9 Å². The van der Waals surface area contributed by atoms with Crippen LogP contribution < -0.4 is 5.56 Å². The Morgan fingerprint density at radius 3 is 2.61 bits per heavy atom. The molecule has 0 unspecified atom stereocenters. The lowest BCUT2D eigenvalue weighted by molar-refractivity contribution is -0.127. The third-order valence-electron chi connectivity index (χ3n) is 4.03. The van der Waals surface area contributed by atoms with Crippen molar-refractivity contribution in [2.75, 3.05) is 18.8 Å². The number of benzene rings is 1. The van der Waals surface area contributed by atoms with E-state index in [-0.39, 0.29) is 11.5 Å². The second-order valence-electron chi connectivity index (χ2n) is 6.08. The molecule has 0 aliphatic carbocycles. The molecule has 0 bridgehead atoms. The van der Waals surface area contributed by atoms with Gasteiger partial charge in [-0.25, -0.2) is 4.98 Å². The number of fused-ring (bicyclic) bond motifs is 1. The SMILES string of the molecule is C=CCN(CC=C)C(=O)CSCc1nc2sc(-c3ccccc3)cc2c(=O)[nH]1. The summed E-state index contributed by atoms with van der Waals surface area (Å²) in [5.41, 5.74) is 0.918. The zero-order valence-corrected chi connectivity index (χ0v) is 17.0. The first-order valence-corrected chi connectivity index (χ1v) is 10.7. The highest BCUT2D eigenvalue weighted by atomic mass is 32.2. The van der Waals surface area contributed by atoms with E-state index < -0.39 is 0 Å². The van der Waals surface area contributed by atoms with Gasteiger partial charge in [0, 0.05) is 18.0 Å². The fourth-order valence-electron chi connectivity index (χ4n) is 2.71. The van der Waals surface area contributed by atoms with Gasteiger partial charge < -0.3 is 9.88 Å². The number of carbonyl (C=O) groups is 1. The van der Waals surface area contributed by atoms with Gasteiger partial charge in [0.15, 0.2) is 0 Å². The lowest BCUT2D eigenvalue weighted by atomic mass is 10.2. The Morgan fingerprint density at radius 2 is 1.93 bits per heavy atom. The summed E-state index contributed by atoms with van der Waals surface area (Å²) in [6, 6.07) is 11.8. The minimum Gasteiger partial charge on any atom is -0.335 e. The molecule has 28 heavy (non-hydrogen) atoms. The van der Waals surface area contributed by atoms with Crippen LogP contribution in [0, 0.1) is 0 Å². The average Bonchev–Trinajstić information content (AvgIpc) is 3.13. The van der Waals surface area contributed by atoms with E-state index in [1.807, 2.05) is 36.4 Å². The first-order valence-electron chi connectivity index (χ1n) is 8.78. The standard InChI is InChI=1S/C21H21N3O2S2/c1-3-10-24(11-4-2)19(25)14-27-13-18-22-20(26)16-12-17(28-21(16)23-18)15-8-6-5-7-9-15/h3-9,12H,1-2,10-11,13-14H2,(H,22,23,26). The van der Waals surface area contributed by atoms with Crippen molar-refractivity contribution < 1.29 is 4.79 Å². The van der Waals surface area contributed by atoms with Crippen molar-refractivity contribution in [2.24, 2.45) is 0 Å². The van der Waals surface area contributed by atoms with Crippen LogP contribution in [0.25, 0.3) is 20.7 Å². The number of carbonyl (C=O) groups excluding carboxylic acids is 1. The number of hydrogen-bond donors (Lipinski definition) is 1. The van der Waals surface area contributed by atoms with Crippen LogP contribution in [0.3, 0.4) is 0 Å². The van der Waals surface area contributed by atoms with Crippen LogP contribution in [0.15, 0.2) is 66.5 Å². The minimum absolute atomic E-state index is 0.00992. The zero-order valence-electron chi connectivity index (χ0n) is 15.4.